The third-order valence-corrected chi connectivity index (χ3v) is 4.85. The minimum atomic E-state index is -0.347. The van der Waals surface area contributed by atoms with E-state index in [2.05, 4.69) is 25.2 Å². The van der Waals surface area contributed by atoms with Gasteiger partial charge in [0.2, 0.25) is 0 Å². The molecule has 0 spiro atoms. The Morgan fingerprint density at radius 3 is 2.35 bits per heavy atom. The zero-order chi connectivity index (χ0) is 18.8. The second-order valence-electron chi connectivity index (χ2n) is 7.18. The zero-order valence-corrected chi connectivity index (χ0v) is 15.6. The quantitative estimate of drug-likeness (QED) is 0.654. The maximum Gasteiger partial charge on any atom is 0.336 e. The summed E-state index contributed by atoms with van der Waals surface area (Å²) in [6, 6.07) is 12.1. The molecule has 3 rings (SSSR count). The third kappa shape index (κ3) is 3.86. The summed E-state index contributed by atoms with van der Waals surface area (Å²) in [7, 11) is 0. The number of hydrogen-bond acceptors (Lipinski definition) is 3. The first-order chi connectivity index (χ1) is 12.3. The molecule has 0 saturated heterocycles. The first-order valence-corrected chi connectivity index (χ1v) is 8.88. The van der Waals surface area contributed by atoms with E-state index in [1.54, 1.807) is 18.2 Å². The molecule has 0 aliphatic rings. The maximum absolute atomic E-state index is 13.2. The number of rotatable bonds is 5. The van der Waals surface area contributed by atoms with Crippen LogP contribution >= 0.6 is 0 Å². The van der Waals surface area contributed by atoms with Crippen LogP contribution in [0.5, 0.6) is 0 Å². The fraction of sp³-hybridized carbons (Fsp3) is 0.318. The molecule has 1 N–H and O–H groups in total. The van der Waals surface area contributed by atoms with Crippen molar-refractivity contribution >= 4 is 11.0 Å². The molecule has 0 unspecified atom stereocenters. The fourth-order valence-electron chi connectivity index (χ4n) is 3.26. The molecule has 26 heavy (non-hydrogen) atoms. The van der Waals surface area contributed by atoms with Crippen LogP contribution in [0.25, 0.3) is 11.0 Å². The highest BCUT2D eigenvalue weighted by Crippen LogP contribution is 2.25. The molecule has 0 aliphatic carbocycles. The van der Waals surface area contributed by atoms with Gasteiger partial charge in [-0.1, -0.05) is 26.0 Å². The van der Waals surface area contributed by atoms with E-state index in [1.165, 1.54) is 12.1 Å². The standard InChI is InChI=1S/C22H24FNO2/c1-13(2)22(16-5-7-18(23)8-6-16)24-12-17-11-21(25)26-20-10-15(4)14(3)9-19(17)20/h5-11,13,22,24H,12H2,1-4H3/t22-/m0/s1. The molecule has 2 aromatic carbocycles. The van der Waals surface area contributed by atoms with Gasteiger partial charge in [0, 0.05) is 24.0 Å². The Kier molecular flexibility index (Phi) is 5.23. The molecule has 0 saturated carbocycles. The van der Waals surface area contributed by atoms with Crippen molar-refractivity contribution in [2.75, 3.05) is 0 Å². The highest BCUT2D eigenvalue weighted by atomic mass is 19.1. The Hall–Kier alpha value is -2.46. The van der Waals surface area contributed by atoms with E-state index in [4.69, 9.17) is 4.42 Å². The van der Waals surface area contributed by atoms with E-state index in [1.807, 2.05) is 19.9 Å². The highest BCUT2D eigenvalue weighted by Gasteiger charge is 2.16. The predicted octanol–water partition coefficient (Wildman–Crippen LogP) is 5.04. The van der Waals surface area contributed by atoms with Gasteiger partial charge in [-0.3, -0.25) is 0 Å². The Balaban J connectivity index is 1.93. The van der Waals surface area contributed by atoms with E-state index in [-0.39, 0.29) is 17.5 Å². The molecule has 0 fully saturated rings. The van der Waals surface area contributed by atoms with Crippen molar-refractivity contribution < 1.29 is 8.81 Å². The molecule has 3 nitrogen and oxygen atoms in total. The highest BCUT2D eigenvalue weighted by molar-refractivity contribution is 5.81. The Labute approximate surface area is 152 Å². The van der Waals surface area contributed by atoms with Crippen molar-refractivity contribution in [2.24, 2.45) is 5.92 Å². The van der Waals surface area contributed by atoms with Crippen LogP contribution in [0.1, 0.15) is 42.1 Å². The molecule has 1 atom stereocenters. The summed E-state index contributed by atoms with van der Waals surface area (Å²) in [5.41, 5.74) is 4.46. The van der Waals surface area contributed by atoms with Gasteiger partial charge in [-0.25, -0.2) is 9.18 Å². The SMILES string of the molecule is Cc1cc2oc(=O)cc(CN[C@H](c3ccc(F)cc3)C(C)C)c2cc1C. The van der Waals surface area contributed by atoms with Crippen LogP contribution in [0.4, 0.5) is 4.39 Å². The van der Waals surface area contributed by atoms with Crippen LogP contribution in [0.3, 0.4) is 0 Å². The number of benzene rings is 2. The third-order valence-electron chi connectivity index (χ3n) is 4.85. The van der Waals surface area contributed by atoms with Gasteiger partial charge in [0.1, 0.15) is 11.4 Å². The topological polar surface area (TPSA) is 42.2 Å². The normalized spacial score (nSPS) is 12.7. The van der Waals surface area contributed by atoms with Gasteiger partial charge in [0.05, 0.1) is 0 Å². The second-order valence-corrected chi connectivity index (χ2v) is 7.18. The predicted molar refractivity (Wildman–Crippen MR) is 103 cm³/mol. The molecular formula is C22H24FNO2. The molecule has 0 amide bonds. The number of aryl methyl sites for hydroxylation is 2. The monoisotopic (exact) mass is 353 g/mol. The largest absolute Gasteiger partial charge is 0.423 e. The van der Waals surface area contributed by atoms with Crippen molar-refractivity contribution in [3.05, 3.63) is 81.0 Å². The van der Waals surface area contributed by atoms with Crippen LogP contribution in [0, 0.1) is 25.6 Å². The fourth-order valence-corrected chi connectivity index (χ4v) is 3.26. The number of fused-ring (bicyclic) bond motifs is 1. The summed E-state index contributed by atoms with van der Waals surface area (Å²) in [5, 5.41) is 4.47. The summed E-state index contributed by atoms with van der Waals surface area (Å²) in [6.07, 6.45) is 0. The van der Waals surface area contributed by atoms with Crippen LogP contribution < -0.4 is 10.9 Å². The average Bonchev–Trinajstić information content (AvgIpc) is 2.58. The Bertz CT molecular complexity index is 974. The maximum atomic E-state index is 13.2. The van der Waals surface area contributed by atoms with E-state index >= 15 is 0 Å². The first-order valence-electron chi connectivity index (χ1n) is 8.88. The van der Waals surface area contributed by atoms with Gasteiger partial charge in [0.25, 0.3) is 0 Å². The molecule has 0 bridgehead atoms. The van der Waals surface area contributed by atoms with Crippen molar-refractivity contribution in [3.63, 3.8) is 0 Å². The van der Waals surface area contributed by atoms with E-state index in [9.17, 15) is 9.18 Å². The summed E-state index contributed by atoms with van der Waals surface area (Å²) in [5.74, 6) is 0.0737. The van der Waals surface area contributed by atoms with Crippen LogP contribution in [-0.2, 0) is 6.54 Å². The molecular weight excluding hydrogens is 329 g/mol. The minimum Gasteiger partial charge on any atom is -0.423 e. The molecule has 1 heterocycles. The van der Waals surface area contributed by atoms with Gasteiger partial charge in [-0.2, -0.15) is 0 Å². The van der Waals surface area contributed by atoms with E-state index in [0.29, 0.717) is 18.0 Å². The van der Waals surface area contributed by atoms with Crippen molar-refractivity contribution in [1.82, 2.24) is 5.32 Å². The van der Waals surface area contributed by atoms with Crippen molar-refractivity contribution in [3.8, 4) is 0 Å². The summed E-state index contributed by atoms with van der Waals surface area (Å²) < 4.78 is 18.6. The Morgan fingerprint density at radius 2 is 1.69 bits per heavy atom. The van der Waals surface area contributed by atoms with Gasteiger partial charge in [-0.05, 0) is 66.3 Å². The van der Waals surface area contributed by atoms with E-state index in [0.717, 1.165) is 27.6 Å². The number of halogens is 1. The molecule has 3 aromatic rings. The molecule has 0 radical (unpaired) electrons. The van der Waals surface area contributed by atoms with Gasteiger partial charge >= 0.3 is 5.63 Å². The molecule has 136 valence electrons. The van der Waals surface area contributed by atoms with Crippen LogP contribution in [0.15, 0.2) is 51.7 Å². The molecule has 0 aliphatic heterocycles. The lowest BCUT2D eigenvalue weighted by Gasteiger charge is -2.23. The lowest BCUT2D eigenvalue weighted by molar-refractivity contribution is 0.410. The smallest absolute Gasteiger partial charge is 0.336 e. The summed E-state index contributed by atoms with van der Waals surface area (Å²) >= 11 is 0. The lowest BCUT2D eigenvalue weighted by atomic mass is 9.95. The first kappa shape index (κ1) is 18.3. The lowest BCUT2D eigenvalue weighted by Crippen LogP contribution is -2.26. The summed E-state index contributed by atoms with van der Waals surface area (Å²) in [6.45, 7) is 8.82. The second kappa shape index (κ2) is 7.42. The zero-order valence-electron chi connectivity index (χ0n) is 15.6. The molecule has 4 heteroatoms. The van der Waals surface area contributed by atoms with Gasteiger partial charge in [-0.15, -0.1) is 0 Å². The van der Waals surface area contributed by atoms with Gasteiger partial charge in [0.15, 0.2) is 0 Å². The number of nitrogens with one attached hydrogen (secondary N) is 1. The summed E-state index contributed by atoms with van der Waals surface area (Å²) in [4.78, 5) is 12.0. The van der Waals surface area contributed by atoms with Crippen LogP contribution in [-0.4, -0.2) is 0 Å². The Morgan fingerprint density at radius 1 is 1.04 bits per heavy atom. The number of hydrogen-bond donors (Lipinski definition) is 1. The van der Waals surface area contributed by atoms with Crippen LogP contribution in [0.2, 0.25) is 0 Å². The van der Waals surface area contributed by atoms with Gasteiger partial charge < -0.3 is 9.73 Å². The van der Waals surface area contributed by atoms with Crippen molar-refractivity contribution in [2.45, 2.75) is 40.3 Å². The average molecular weight is 353 g/mol. The van der Waals surface area contributed by atoms with E-state index < -0.39 is 0 Å². The molecule has 1 aromatic heterocycles. The van der Waals surface area contributed by atoms with Crippen molar-refractivity contribution in [1.29, 1.82) is 0 Å². The minimum absolute atomic E-state index is 0.0597.